The molecule has 1 aromatic carbocycles. The maximum atomic E-state index is 13.1. The van der Waals surface area contributed by atoms with Gasteiger partial charge in [0, 0.05) is 0 Å². The quantitative estimate of drug-likeness (QED) is 0.554. The molecule has 4 atom stereocenters. The Morgan fingerprint density at radius 3 is 2.08 bits per heavy atom. The lowest BCUT2D eigenvalue weighted by molar-refractivity contribution is -0.137. The predicted molar refractivity (Wildman–Crippen MR) is 83.7 cm³/mol. The number of carbonyl (C=O) groups excluding carboxylic acids is 2. The first-order valence-corrected chi connectivity index (χ1v) is 8.56. The van der Waals surface area contributed by atoms with Crippen molar-refractivity contribution in [3.63, 3.8) is 0 Å². The number of alkyl halides is 3. The molecule has 25 heavy (non-hydrogen) atoms. The number of hydrogen-bond acceptors (Lipinski definition) is 2. The third kappa shape index (κ3) is 1.78. The minimum atomic E-state index is -4.65. The monoisotopic (exact) mass is 367 g/mol. The number of benzene rings is 1. The predicted octanol–water partition coefficient (Wildman–Crippen LogP) is 4.06. The van der Waals surface area contributed by atoms with Crippen molar-refractivity contribution in [2.45, 2.75) is 19.0 Å². The number of nitrogens with zero attached hydrogens (tertiary/aromatic N) is 1. The Morgan fingerprint density at radius 1 is 1.04 bits per heavy atom. The fourth-order valence-corrected chi connectivity index (χ4v) is 5.43. The van der Waals surface area contributed by atoms with Gasteiger partial charge in [0.1, 0.15) is 0 Å². The van der Waals surface area contributed by atoms with Gasteiger partial charge < -0.3 is 0 Å². The molecule has 1 spiro atoms. The van der Waals surface area contributed by atoms with Crippen molar-refractivity contribution in [1.29, 1.82) is 0 Å². The van der Waals surface area contributed by atoms with Crippen LogP contribution in [-0.4, -0.2) is 11.8 Å². The topological polar surface area (TPSA) is 37.4 Å². The van der Waals surface area contributed by atoms with Gasteiger partial charge in [0.15, 0.2) is 0 Å². The van der Waals surface area contributed by atoms with Crippen molar-refractivity contribution < 1.29 is 22.8 Å². The summed E-state index contributed by atoms with van der Waals surface area (Å²) in [6.07, 6.45) is 1.44. The van der Waals surface area contributed by atoms with E-state index in [-0.39, 0.29) is 34.8 Å². The van der Waals surface area contributed by atoms with Crippen LogP contribution in [0.2, 0.25) is 5.02 Å². The molecule has 5 rings (SSSR count). The van der Waals surface area contributed by atoms with Gasteiger partial charge in [-0.05, 0) is 48.3 Å². The average Bonchev–Trinajstić information content (AvgIpc) is 3.13. The van der Waals surface area contributed by atoms with E-state index in [1.165, 1.54) is 6.07 Å². The number of allylic oxidation sites excluding steroid dienone is 2. The summed E-state index contributed by atoms with van der Waals surface area (Å²) in [6, 6.07) is 3.18. The Bertz CT molecular complexity index is 824. The van der Waals surface area contributed by atoms with E-state index in [1.54, 1.807) is 0 Å². The third-order valence-corrected chi connectivity index (χ3v) is 6.70. The number of rotatable bonds is 1. The van der Waals surface area contributed by atoms with Gasteiger partial charge >= 0.3 is 6.18 Å². The zero-order valence-electron chi connectivity index (χ0n) is 12.9. The molecule has 2 amide bonds. The molecule has 0 N–H and O–H groups in total. The summed E-state index contributed by atoms with van der Waals surface area (Å²) < 4.78 is 39.3. The Kier molecular flexibility index (Phi) is 2.76. The number of fused-ring (bicyclic) bond motifs is 3. The van der Waals surface area contributed by atoms with Crippen molar-refractivity contribution in [2.75, 3.05) is 4.90 Å². The highest BCUT2D eigenvalue weighted by Crippen LogP contribution is 2.73. The minimum Gasteiger partial charge on any atom is -0.274 e. The summed E-state index contributed by atoms with van der Waals surface area (Å²) in [4.78, 5) is 26.7. The molecule has 0 radical (unpaired) electrons. The number of carbonyl (C=O) groups is 2. The van der Waals surface area contributed by atoms with Gasteiger partial charge in [0.2, 0.25) is 11.8 Å². The van der Waals surface area contributed by atoms with Gasteiger partial charge in [-0.3, -0.25) is 14.5 Å². The number of anilines is 1. The maximum Gasteiger partial charge on any atom is 0.417 e. The Morgan fingerprint density at radius 2 is 1.60 bits per heavy atom. The molecule has 3 fully saturated rings. The lowest BCUT2D eigenvalue weighted by atomic mass is 9.85. The van der Waals surface area contributed by atoms with Crippen molar-refractivity contribution >= 4 is 29.1 Å². The molecule has 1 heterocycles. The van der Waals surface area contributed by atoms with Crippen LogP contribution >= 0.6 is 11.6 Å². The van der Waals surface area contributed by atoms with Crippen LogP contribution < -0.4 is 4.90 Å². The lowest BCUT2D eigenvalue weighted by Crippen LogP contribution is -2.34. The smallest absolute Gasteiger partial charge is 0.274 e. The van der Waals surface area contributed by atoms with Crippen LogP contribution in [0.4, 0.5) is 18.9 Å². The fourth-order valence-electron chi connectivity index (χ4n) is 5.20. The van der Waals surface area contributed by atoms with Crippen LogP contribution in [0.5, 0.6) is 0 Å². The van der Waals surface area contributed by atoms with Gasteiger partial charge in [-0.25, -0.2) is 0 Å². The second kappa shape index (κ2) is 4.47. The van der Waals surface area contributed by atoms with Crippen LogP contribution in [-0.2, 0) is 15.8 Å². The van der Waals surface area contributed by atoms with E-state index in [2.05, 4.69) is 0 Å². The molecule has 3 nitrogen and oxygen atoms in total. The van der Waals surface area contributed by atoms with E-state index in [1.807, 2.05) is 12.2 Å². The summed E-state index contributed by atoms with van der Waals surface area (Å²) in [5.41, 5.74) is -1.03. The van der Waals surface area contributed by atoms with Gasteiger partial charge in [-0.1, -0.05) is 23.8 Å². The molecular formula is C18H13ClF3NO2. The second-order valence-corrected chi connectivity index (χ2v) is 7.80. The second-order valence-electron chi connectivity index (χ2n) is 7.39. The third-order valence-electron chi connectivity index (χ3n) is 6.37. The first-order chi connectivity index (χ1) is 11.8. The molecule has 1 aromatic rings. The molecule has 130 valence electrons. The Balaban J connectivity index is 1.56. The molecule has 2 bridgehead atoms. The molecule has 0 unspecified atom stereocenters. The molecule has 3 aliphatic carbocycles. The highest BCUT2D eigenvalue weighted by atomic mass is 35.5. The standard InChI is InChI=1S/C18H13ClF3NO2/c19-12-4-1-8(7-11(12)18(20,21)22)23-15(24)13-9-2-3-10(14(13)16(23)25)17(9)5-6-17/h1-4,7,9-10,13-14H,5-6H2/t9-,10-,13-,14-/m1/s1. The SMILES string of the molecule is O=C1[C@H]2[C@H](C(=O)N1c1ccc(Cl)c(C(F)(F)F)c1)[C@H]1C=C[C@H]2C12CC2. The number of hydrogen-bond donors (Lipinski definition) is 0. The fraction of sp³-hybridized carbons (Fsp3) is 0.444. The van der Waals surface area contributed by atoms with Crippen molar-refractivity contribution in [1.82, 2.24) is 0 Å². The van der Waals surface area contributed by atoms with E-state index < -0.39 is 28.6 Å². The first kappa shape index (κ1) is 15.4. The van der Waals surface area contributed by atoms with Crippen molar-refractivity contribution in [2.24, 2.45) is 29.1 Å². The van der Waals surface area contributed by atoms with E-state index in [0.717, 1.165) is 29.9 Å². The summed E-state index contributed by atoms with van der Waals surface area (Å²) in [5, 5.41) is -0.450. The van der Waals surface area contributed by atoms with E-state index in [4.69, 9.17) is 11.6 Å². The summed E-state index contributed by atoms with van der Waals surface area (Å²) >= 11 is 5.64. The Hall–Kier alpha value is -1.82. The van der Waals surface area contributed by atoms with Crippen molar-refractivity contribution in [3.05, 3.63) is 40.9 Å². The summed E-state index contributed by atoms with van der Waals surface area (Å²) in [5.74, 6) is -1.55. The van der Waals surface area contributed by atoms with Gasteiger partial charge in [-0.15, -0.1) is 0 Å². The van der Waals surface area contributed by atoms with Crippen molar-refractivity contribution in [3.8, 4) is 0 Å². The Labute approximate surface area is 146 Å². The zero-order valence-corrected chi connectivity index (χ0v) is 13.6. The first-order valence-electron chi connectivity index (χ1n) is 8.18. The molecule has 2 saturated carbocycles. The van der Waals surface area contributed by atoms with Crippen LogP contribution in [0, 0.1) is 29.1 Å². The molecular weight excluding hydrogens is 355 g/mol. The van der Waals surface area contributed by atoms with E-state index >= 15 is 0 Å². The minimum absolute atomic E-state index is 0.0401. The molecule has 4 aliphatic rings. The van der Waals surface area contributed by atoms with E-state index in [9.17, 15) is 22.8 Å². The molecule has 7 heteroatoms. The average molecular weight is 368 g/mol. The zero-order chi connectivity index (χ0) is 17.7. The van der Waals surface area contributed by atoms with Gasteiger partial charge in [-0.2, -0.15) is 13.2 Å². The van der Waals surface area contributed by atoms with Gasteiger partial charge in [0.05, 0.1) is 28.1 Å². The maximum absolute atomic E-state index is 13.1. The van der Waals surface area contributed by atoms with E-state index in [0.29, 0.717) is 0 Å². The molecule has 1 aliphatic heterocycles. The summed E-state index contributed by atoms with van der Waals surface area (Å²) in [7, 11) is 0. The largest absolute Gasteiger partial charge is 0.417 e. The molecule has 0 aromatic heterocycles. The number of amides is 2. The van der Waals surface area contributed by atoms with Crippen LogP contribution in [0.1, 0.15) is 18.4 Å². The number of halogens is 4. The highest BCUT2D eigenvalue weighted by molar-refractivity contribution is 6.31. The van der Waals surface area contributed by atoms with Crippen LogP contribution in [0.15, 0.2) is 30.4 Å². The normalized spacial score (nSPS) is 34.3. The van der Waals surface area contributed by atoms with Crippen LogP contribution in [0.25, 0.3) is 0 Å². The van der Waals surface area contributed by atoms with Gasteiger partial charge in [0.25, 0.3) is 0 Å². The summed E-state index contributed by atoms with van der Waals surface area (Å²) in [6.45, 7) is 0. The molecule has 1 saturated heterocycles. The van der Waals surface area contributed by atoms with Crippen LogP contribution in [0.3, 0.4) is 0 Å². The lowest BCUT2D eigenvalue weighted by Gasteiger charge is -2.22. The number of imide groups is 1. The highest BCUT2D eigenvalue weighted by Gasteiger charge is 2.73.